The largest absolute Gasteiger partial charge is 0.506 e. The molecule has 3 aromatic heterocycles. The summed E-state index contributed by atoms with van der Waals surface area (Å²) in [5.41, 5.74) is 3.53. The van der Waals surface area contributed by atoms with Crippen molar-refractivity contribution in [3.05, 3.63) is 41.6 Å². The highest BCUT2D eigenvalue weighted by Crippen LogP contribution is 2.42. The van der Waals surface area contributed by atoms with E-state index in [4.69, 9.17) is 0 Å². The lowest BCUT2D eigenvalue weighted by Gasteiger charge is -2.42. The van der Waals surface area contributed by atoms with Crippen molar-refractivity contribution < 1.29 is 14.7 Å². The smallest absolute Gasteiger partial charge is 0.270 e. The minimum Gasteiger partial charge on any atom is -0.506 e. The zero-order valence-corrected chi connectivity index (χ0v) is 24.4. The number of hydrogen-bond acceptors (Lipinski definition) is 6. The number of anilines is 1. The fourth-order valence-corrected chi connectivity index (χ4v) is 7.13. The van der Waals surface area contributed by atoms with Crippen LogP contribution < -0.4 is 10.6 Å². The van der Waals surface area contributed by atoms with Gasteiger partial charge in [0.05, 0.1) is 17.6 Å². The number of amides is 2. The topological polar surface area (TPSA) is 138 Å². The van der Waals surface area contributed by atoms with Crippen LogP contribution in [0.2, 0.25) is 0 Å². The summed E-state index contributed by atoms with van der Waals surface area (Å²) in [4.78, 5) is 32.2. The predicted octanol–water partition coefficient (Wildman–Crippen LogP) is 5.52. The molecule has 0 saturated heterocycles. The Morgan fingerprint density at radius 1 is 1.07 bits per heavy atom. The highest BCUT2D eigenvalue weighted by molar-refractivity contribution is 6.01. The van der Waals surface area contributed by atoms with Crippen LogP contribution in [0.1, 0.15) is 93.0 Å². The molecule has 4 N–H and O–H groups in total. The third-order valence-corrected chi connectivity index (χ3v) is 9.09. The van der Waals surface area contributed by atoms with Gasteiger partial charge in [0.1, 0.15) is 23.2 Å². The van der Waals surface area contributed by atoms with E-state index in [2.05, 4.69) is 30.9 Å². The summed E-state index contributed by atoms with van der Waals surface area (Å²) in [5, 5.41) is 28.4. The van der Waals surface area contributed by atoms with Crippen LogP contribution in [0.25, 0.3) is 11.3 Å². The molecule has 220 valence electrons. The first-order valence-electron chi connectivity index (χ1n) is 15.2. The predicted molar refractivity (Wildman–Crippen MR) is 157 cm³/mol. The second-order valence-corrected chi connectivity index (χ2v) is 11.7. The van der Waals surface area contributed by atoms with Crippen molar-refractivity contribution >= 4 is 17.5 Å². The SMILES string of the molecule is CCn1nccc1C(=O)N[C@H](C(=O)Nc1cnc(-c2c(C)n[nH]c2C)c(O)c1)C(C1CCCCC1)C1CCCCC1. The molecule has 0 bridgehead atoms. The molecule has 10 nitrogen and oxygen atoms in total. The molecule has 1 atom stereocenters. The van der Waals surface area contributed by atoms with Crippen LogP contribution in [-0.2, 0) is 11.3 Å². The van der Waals surface area contributed by atoms with Crippen LogP contribution >= 0.6 is 0 Å². The fourth-order valence-electron chi connectivity index (χ4n) is 7.13. The first kappa shape index (κ1) is 28.8. The Labute approximate surface area is 241 Å². The number of pyridine rings is 1. The van der Waals surface area contributed by atoms with Crippen LogP contribution in [0, 0.1) is 31.6 Å². The van der Waals surface area contributed by atoms with Crippen molar-refractivity contribution in [1.82, 2.24) is 30.3 Å². The monoisotopic (exact) mass is 561 g/mol. The maximum atomic E-state index is 14.2. The highest BCUT2D eigenvalue weighted by atomic mass is 16.3. The molecule has 3 heterocycles. The normalized spacial score (nSPS) is 17.5. The van der Waals surface area contributed by atoms with Crippen molar-refractivity contribution in [2.45, 2.75) is 97.6 Å². The minimum absolute atomic E-state index is 0.0367. The second kappa shape index (κ2) is 12.9. The van der Waals surface area contributed by atoms with Gasteiger partial charge in [-0.05, 0) is 44.6 Å². The van der Waals surface area contributed by atoms with Gasteiger partial charge >= 0.3 is 0 Å². The molecular formula is C31H43N7O3. The van der Waals surface area contributed by atoms with Crippen LogP contribution in [0.4, 0.5) is 5.69 Å². The van der Waals surface area contributed by atoms with Gasteiger partial charge in [-0.15, -0.1) is 0 Å². The summed E-state index contributed by atoms with van der Waals surface area (Å²) in [6.07, 6.45) is 14.6. The third-order valence-electron chi connectivity index (χ3n) is 9.09. The molecule has 2 fully saturated rings. The van der Waals surface area contributed by atoms with Crippen molar-refractivity contribution in [3.8, 4) is 17.0 Å². The van der Waals surface area contributed by atoms with Gasteiger partial charge in [-0.25, -0.2) is 0 Å². The van der Waals surface area contributed by atoms with Gasteiger partial charge < -0.3 is 15.7 Å². The Morgan fingerprint density at radius 3 is 2.29 bits per heavy atom. The van der Waals surface area contributed by atoms with Crippen LogP contribution in [-0.4, -0.2) is 47.9 Å². The zero-order valence-electron chi connectivity index (χ0n) is 24.4. The number of rotatable bonds is 9. The van der Waals surface area contributed by atoms with Crippen molar-refractivity contribution in [2.75, 3.05) is 5.32 Å². The van der Waals surface area contributed by atoms with Crippen molar-refractivity contribution in [2.24, 2.45) is 17.8 Å². The summed E-state index contributed by atoms with van der Waals surface area (Å²) in [5.74, 6) is 0.184. The van der Waals surface area contributed by atoms with E-state index in [1.54, 1.807) is 23.1 Å². The standard InChI is InChI=1S/C31H43N7O3/c1-4-38-24(15-16-33-38)30(40)35-29(27(21-11-7-5-8-12-21)22-13-9-6-10-14-22)31(41)34-23-17-25(39)28(32-18-23)26-19(2)36-37-20(26)3/h15-18,21-22,27,29,39H,4-14H2,1-3H3,(H,34,41)(H,35,40)(H,36,37)/t29-/m0/s1. The van der Waals surface area contributed by atoms with Gasteiger partial charge in [0.15, 0.2) is 0 Å². The number of nitrogens with zero attached hydrogens (tertiary/aromatic N) is 4. The summed E-state index contributed by atoms with van der Waals surface area (Å²) in [7, 11) is 0. The van der Waals surface area contributed by atoms with E-state index in [1.165, 1.54) is 18.9 Å². The van der Waals surface area contributed by atoms with E-state index in [0.29, 0.717) is 35.5 Å². The summed E-state index contributed by atoms with van der Waals surface area (Å²) < 4.78 is 1.65. The molecule has 0 unspecified atom stereocenters. The fraction of sp³-hybridized carbons (Fsp3) is 0.581. The maximum Gasteiger partial charge on any atom is 0.270 e. The average molecular weight is 562 g/mol. The van der Waals surface area contributed by atoms with Crippen molar-refractivity contribution in [1.29, 1.82) is 0 Å². The molecule has 2 aliphatic rings. The molecule has 5 rings (SSSR count). The highest BCUT2D eigenvalue weighted by Gasteiger charge is 2.41. The van der Waals surface area contributed by atoms with Crippen molar-refractivity contribution in [3.63, 3.8) is 0 Å². The molecule has 2 saturated carbocycles. The average Bonchev–Trinajstić information content (AvgIpc) is 3.60. The molecule has 10 heteroatoms. The minimum atomic E-state index is -0.714. The zero-order chi connectivity index (χ0) is 28.9. The van der Waals surface area contributed by atoms with Gasteiger partial charge in [0, 0.05) is 30.1 Å². The lowest BCUT2D eigenvalue weighted by Crippen LogP contribution is -2.53. The first-order valence-corrected chi connectivity index (χ1v) is 15.2. The lowest BCUT2D eigenvalue weighted by molar-refractivity contribution is -0.120. The Bertz CT molecular complexity index is 1310. The number of carbonyl (C=O) groups is 2. The van der Waals surface area contributed by atoms with Crippen LogP contribution in [0.3, 0.4) is 0 Å². The molecule has 0 spiro atoms. The van der Waals surface area contributed by atoms with Gasteiger partial charge in [0.2, 0.25) is 5.91 Å². The lowest BCUT2D eigenvalue weighted by atomic mass is 9.66. The molecule has 0 aromatic carbocycles. The Morgan fingerprint density at radius 2 is 1.73 bits per heavy atom. The molecule has 2 amide bonds. The maximum absolute atomic E-state index is 14.2. The number of aromatic amines is 1. The number of hydrogen-bond donors (Lipinski definition) is 4. The summed E-state index contributed by atoms with van der Waals surface area (Å²) >= 11 is 0. The second-order valence-electron chi connectivity index (χ2n) is 11.7. The third kappa shape index (κ3) is 6.31. The summed E-state index contributed by atoms with van der Waals surface area (Å²) in [6.45, 7) is 6.23. The van der Waals surface area contributed by atoms with Gasteiger partial charge in [-0.2, -0.15) is 10.2 Å². The molecular weight excluding hydrogens is 518 g/mol. The molecule has 3 aromatic rings. The van der Waals surface area contributed by atoms with Crippen LogP contribution in [0.5, 0.6) is 5.75 Å². The quantitative estimate of drug-likeness (QED) is 0.271. The number of aromatic nitrogens is 5. The van der Waals surface area contributed by atoms with E-state index in [0.717, 1.165) is 68.3 Å². The molecule has 0 radical (unpaired) electrons. The Balaban J connectivity index is 1.46. The van der Waals surface area contributed by atoms with E-state index >= 15 is 0 Å². The summed E-state index contributed by atoms with van der Waals surface area (Å²) in [6, 6.07) is 2.51. The molecule has 2 aliphatic carbocycles. The Hall–Kier alpha value is -3.69. The van der Waals surface area contributed by atoms with E-state index in [1.807, 2.05) is 20.8 Å². The number of nitrogens with one attached hydrogen (secondary N) is 3. The van der Waals surface area contributed by atoms with Gasteiger partial charge in [0.25, 0.3) is 5.91 Å². The number of H-pyrrole nitrogens is 1. The first-order chi connectivity index (χ1) is 19.9. The number of aromatic hydroxyl groups is 1. The van der Waals surface area contributed by atoms with E-state index in [-0.39, 0.29) is 23.5 Å². The Kier molecular flexibility index (Phi) is 9.05. The van der Waals surface area contributed by atoms with Crippen LogP contribution in [0.15, 0.2) is 24.5 Å². The van der Waals surface area contributed by atoms with Gasteiger partial charge in [-0.1, -0.05) is 64.2 Å². The van der Waals surface area contributed by atoms with E-state index < -0.39 is 6.04 Å². The molecule has 41 heavy (non-hydrogen) atoms. The van der Waals surface area contributed by atoms with Gasteiger partial charge in [-0.3, -0.25) is 24.4 Å². The van der Waals surface area contributed by atoms with E-state index in [9.17, 15) is 14.7 Å². The molecule has 0 aliphatic heterocycles. The number of aryl methyl sites for hydroxylation is 3. The number of carbonyl (C=O) groups excluding carboxylic acids is 2.